The average molecular weight is 295 g/mol. The highest BCUT2D eigenvalue weighted by Crippen LogP contribution is 2.23. The van der Waals surface area contributed by atoms with Crippen LogP contribution in [0.5, 0.6) is 0 Å². The minimum Gasteiger partial charge on any atom is -0.368 e. The van der Waals surface area contributed by atoms with Crippen LogP contribution in [0.3, 0.4) is 0 Å². The molecule has 0 radical (unpaired) electrons. The summed E-state index contributed by atoms with van der Waals surface area (Å²) in [6, 6.07) is 10.3. The largest absolute Gasteiger partial charge is 0.368 e. The lowest BCUT2D eigenvalue weighted by Gasteiger charge is -2.25. The lowest BCUT2D eigenvalue weighted by Crippen LogP contribution is -2.33. The zero-order chi connectivity index (χ0) is 12.9. The number of nitrogens with one attached hydrogen (secondary N) is 1. The van der Waals surface area contributed by atoms with Crippen molar-refractivity contribution in [2.45, 2.75) is 39.2 Å². The first-order chi connectivity index (χ1) is 7.95. The van der Waals surface area contributed by atoms with Gasteiger partial charge in [0.1, 0.15) is 5.54 Å². The summed E-state index contributed by atoms with van der Waals surface area (Å²) in [6.07, 6.45) is 1.90. The van der Waals surface area contributed by atoms with E-state index in [1.165, 1.54) is 0 Å². The first kappa shape index (κ1) is 14.1. The Balaban J connectivity index is 2.72. The van der Waals surface area contributed by atoms with Crippen molar-refractivity contribution in [2.24, 2.45) is 5.92 Å². The summed E-state index contributed by atoms with van der Waals surface area (Å²) in [5.74, 6) is 0.618. The van der Waals surface area contributed by atoms with Crippen LogP contribution in [0.4, 0.5) is 5.69 Å². The van der Waals surface area contributed by atoms with Crippen molar-refractivity contribution in [3.63, 3.8) is 0 Å². The molecule has 0 bridgehead atoms. The molecular formula is C14H19BrN2. The van der Waals surface area contributed by atoms with Gasteiger partial charge in [0.05, 0.1) is 6.07 Å². The molecule has 17 heavy (non-hydrogen) atoms. The van der Waals surface area contributed by atoms with Crippen molar-refractivity contribution >= 4 is 21.6 Å². The third-order valence-electron chi connectivity index (χ3n) is 2.71. The van der Waals surface area contributed by atoms with Crippen LogP contribution in [0.1, 0.15) is 33.6 Å². The fourth-order valence-electron chi connectivity index (χ4n) is 1.61. The first-order valence-electron chi connectivity index (χ1n) is 5.90. The number of hydrogen-bond acceptors (Lipinski definition) is 2. The van der Waals surface area contributed by atoms with E-state index in [2.05, 4.69) is 41.2 Å². The highest BCUT2D eigenvalue weighted by atomic mass is 79.9. The fourth-order valence-corrected chi connectivity index (χ4v) is 2.01. The molecule has 0 aliphatic rings. The zero-order valence-electron chi connectivity index (χ0n) is 10.6. The van der Waals surface area contributed by atoms with Gasteiger partial charge in [-0.15, -0.1) is 0 Å². The molecule has 0 aliphatic carbocycles. The molecule has 1 rings (SSSR count). The van der Waals surface area contributed by atoms with Gasteiger partial charge in [-0.05, 0) is 43.9 Å². The van der Waals surface area contributed by atoms with Crippen LogP contribution in [-0.4, -0.2) is 5.54 Å². The van der Waals surface area contributed by atoms with Crippen molar-refractivity contribution < 1.29 is 0 Å². The van der Waals surface area contributed by atoms with E-state index in [1.54, 1.807) is 0 Å². The number of halogens is 1. The SMILES string of the molecule is CC(C)CCC(C)(C#N)Nc1cccc(Br)c1. The van der Waals surface area contributed by atoms with E-state index in [0.29, 0.717) is 5.92 Å². The van der Waals surface area contributed by atoms with Gasteiger partial charge in [0, 0.05) is 10.2 Å². The van der Waals surface area contributed by atoms with Crippen molar-refractivity contribution in [3.05, 3.63) is 28.7 Å². The molecule has 1 aromatic carbocycles. The van der Waals surface area contributed by atoms with E-state index >= 15 is 0 Å². The molecule has 1 N–H and O–H groups in total. The van der Waals surface area contributed by atoms with Crippen molar-refractivity contribution in [3.8, 4) is 6.07 Å². The van der Waals surface area contributed by atoms with Crippen molar-refractivity contribution in [2.75, 3.05) is 5.32 Å². The van der Waals surface area contributed by atoms with Crippen LogP contribution in [0.15, 0.2) is 28.7 Å². The summed E-state index contributed by atoms with van der Waals surface area (Å²) < 4.78 is 1.02. The minimum atomic E-state index is -0.495. The van der Waals surface area contributed by atoms with Crippen LogP contribution in [0.25, 0.3) is 0 Å². The summed E-state index contributed by atoms with van der Waals surface area (Å²) >= 11 is 3.43. The molecule has 1 unspecified atom stereocenters. The molecule has 0 amide bonds. The smallest absolute Gasteiger partial charge is 0.122 e. The number of rotatable bonds is 5. The summed E-state index contributed by atoms with van der Waals surface area (Å²) in [4.78, 5) is 0. The Bertz CT molecular complexity index is 409. The van der Waals surface area contributed by atoms with E-state index in [0.717, 1.165) is 23.0 Å². The van der Waals surface area contributed by atoms with E-state index in [9.17, 15) is 5.26 Å². The maximum Gasteiger partial charge on any atom is 0.122 e. The van der Waals surface area contributed by atoms with E-state index in [1.807, 2.05) is 31.2 Å². The van der Waals surface area contributed by atoms with Gasteiger partial charge in [0.2, 0.25) is 0 Å². The number of nitriles is 1. The van der Waals surface area contributed by atoms with Crippen molar-refractivity contribution in [1.82, 2.24) is 0 Å². The summed E-state index contributed by atoms with van der Waals surface area (Å²) in [5.41, 5.74) is 0.484. The van der Waals surface area contributed by atoms with Crippen LogP contribution in [-0.2, 0) is 0 Å². The number of nitrogens with zero attached hydrogens (tertiary/aromatic N) is 1. The second-order valence-corrected chi connectivity index (χ2v) is 5.93. The molecule has 0 fully saturated rings. The predicted molar refractivity (Wildman–Crippen MR) is 75.9 cm³/mol. The summed E-state index contributed by atoms with van der Waals surface area (Å²) in [5, 5.41) is 12.6. The molecule has 1 aromatic rings. The number of anilines is 1. The van der Waals surface area contributed by atoms with Crippen LogP contribution in [0, 0.1) is 17.2 Å². The van der Waals surface area contributed by atoms with Crippen LogP contribution >= 0.6 is 15.9 Å². The molecule has 2 nitrogen and oxygen atoms in total. The predicted octanol–water partition coefficient (Wildman–Crippen LogP) is 4.58. The number of hydrogen-bond donors (Lipinski definition) is 1. The molecular weight excluding hydrogens is 276 g/mol. The van der Waals surface area contributed by atoms with Gasteiger partial charge in [-0.1, -0.05) is 35.8 Å². The minimum absolute atomic E-state index is 0.495. The molecule has 0 spiro atoms. The molecule has 3 heteroatoms. The monoisotopic (exact) mass is 294 g/mol. The third kappa shape index (κ3) is 4.79. The second kappa shape index (κ2) is 6.07. The quantitative estimate of drug-likeness (QED) is 0.863. The molecule has 0 saturated heterocycles. The Kier molecular flexibility index (Phi) is 5.02. The lowest BCUT2D eigenvalue weighted by molar-refractivity contribution is 0.479. The van der Waals surface area contributed by atoms with Gasteiger partial charge >= 0.3 is 0 Å². The summed E-state index contributed by atoms with van der Waals surface area (Å²) in [7, 11) is 0. The Morgan fingerprint density at radius 2 is 2.18 bits per heavy atom. The van der Waals surface area contributed by atoms with Gasteiger partial charge in [0.25, 0.3) is 0 Å². The topological polar surface area (TPSA) is 35.8 Å². The Hall–Kier alpha value is -1.01. The zero-order valence-corrected chi connectivity index (χ0v) is 12.2. The maximum atomic E-state index is 9.30. The third-order valence-corrected chi connectivity index (χ3v) is 3.21. The maximum absolute atomic E-state index is 9.30. The van der Waals surface area contributed by atoms with Gasteiger partial charge in [-0.3, -0.25) is 0 Å². The molecule has 92 valence electrons. The highest BCUT2D eigenvalue weighted by molar-refractivity contribution is 9.10. The van der Waals surface area contributed by atoms with Crippen LogP contribution in [0.2, 0.25) is 0 Å². The Morgan fingerprint density at radius 1 is 1.47 bits per heavy atom. The summed E-state index contributed by atoms with van der Waals surface area (Å²) in [6.45, 7) is 6.31. The van der Waals surface area contributed by atoms with Gasteiger partial charge < -0.3 is 5.32 Å². The molecule has 0 aliphatic heterocycles. The van der Waals surface area contributed by atoms with E-state index < -0.39 is 5.54 Å². The molecule has 0 aromatic heterocycles. The molecule has 0 saturated carbocycles. The lowest BCUT2D eigenvalue weighted by atomic mass is 9.93. The Labute approximate surface area is 112 Å². The fraction of sp³-hybridized carbons (Fsp3) is 0.500. The average Bonchev–Trinajstić information content (AvgIpc) is 2.26. The standard InChI is InChI=1S/C14H19BrN2/c1-11(2)7-8-14(3,10-16)17-13-6-4-5-12(15)9-13/h4-6,9,11,17H,7-8H2,1-3H3. The second-order valence-electron chi connectivity index (χ2n) is 5.01. The molecule has 1 atom stereocenters. The Morgan fingerprint density at radius 3 is 2.71 bits per heavy atom. The molecule has 0 heterocycles. The van der Waals surface area contributed by atoms with Gasteiger partial charge in [-0.2, -0.15) is 5.26 Å². The normalized spacial score (nSPS) is 14.1. The first-order valence-corrected chi connectivity index (χ1v) is 6.69. The van der Waals surface area contributed by atoms with E-state index in [4.69, 9.17) is 0 Å². The van der Waals surface area contributed by atoms with Crippen molar-refractivity contribution in [1.29, 1.82) is 5.26 Å². The van der Waals surface area contributed by atoms with Crippen LogP contribution < -0.4 is 5.32 Å². The van der Waals surface area contributed by atoms with E-state index in [-0.39, 0.29) is 0 Å². The van der Waals surface area contributed by atoms with Gasteiger partial charge in [0.15, 0.2) is 0 Å². The number of benzene rings is 1. The highest BCUT2D eigenvalue weighted by Gasteiger charge is 2.23. The van der Waals surface area contributed by atoms with Gasteiger partial charge in [-0.25, -0.2) is 0 Å².